The summed E-state index contributed by atoms with van der Waals surface area (Å²) in [6.45, 7) is 2.01. The number of nitrogens with one attached hydrogen (secondary N) is 1. The van der Waals surface area contributed by atoms with Crippen molar-refractivity contribution in [2.24, 2.45) is 4.99 Å². The number of benzene rings is 3. The van der Waals surface area contributed by atoms with Gasteiger partial charge in [0.2, 0.25) is 0 Å². The molecule has 26 heavy (non-hydrogen) atoms. The predicted octanol–water partition coefficient (Wildman–Crippen LogP) is 4.39. The van der Waals surface area contributed by atoms with Gasteiger partial charge in [-0.3, -0.25) is 10.0 Å². The van der Waals surface area contributed by atoms with Gasteiger partial charge >= 0.3 is 0 Å². The first kappa shape index (κ1) is 16.1. The molecule has 2 N–H and O–H groups in total. The van der Waals surface area contributed by atoms with Crippen LogP contribution in [0.4, 0.5) is 5.69 Å². The maximum Gasteiger partial charge on any atom is 0.274 e. The third-order valence-electron chi connectivity index (χ3n) is 4.23. The van der Waals surface area contributed by atoms with Crippen LogP contribution in [-0.4, -0.2) is 16.8 Å². The van der Waals surface area contributed by atoms with Gasteiger partial charge in [0.25, 0.3) is 5.91 Å². The first-order valence-corrected chi connectivity index (χ1v) is 8.17. The van der Waals surface area contributed by atoms with E-state index in [1.165, 1.54) is 0 Å². The van der Waals surface area contributed by atoms with Crippen LogP contribution in [0.5, 0.6) is 11.5 Å². The quantitative estimate of drug-likeness (QED) is 0.418. The fraction of sp³-hybridized carbons (Fsp3) is 0.0476. The van der Waals surface area contributed by atoms with Gasteiger partial charge in [0.15, 0.2) is 5.75 Å². The first-order valence-electron chi connectivity index (χ1n) is 8.17. The highest BCUT2D eigenvalue weighted by Crippen LogP contribution is 2.39. The number of aryl methyl sites for hydroxylation is 1. The zero-order valence-electron chi connectivity index (χ0n) is 14.1. The molecule has 0 atom stereocenters. The molecule has 3 aromatic rings. The van der Waals surface area contributed by atoms with Gasteiger partial charge < -0.3 is 4.74 Å². The Balaban J connectivity index is 1.87. The van der Waals surface area contributed by atoms with E-state index >= 15 is 0 Å². The lowest BCUT2D eigenvalue weighted by Crippen LogP contribution is -2.18. The number of hydrogen-bond donors (Lipinski definition) is 2. The number of amides is 1. The van der Waals surface area contributed by atoms with E-state index in [1.54, 1.807) is 29.7 Å². The molecular formula is C21H16N2O3. The molecule has 0 saturated heterocycles. The summed E-state index contributed by atoms with van der Waals surface area (Å²) in [5.41, 5.74) is 6.34. The Kier molecular flexibility index (Phi) is 3.99. The molecule has 1 amide bonds. The number of hydroxylamine groups is 1. The summed E-state index contributed by atoms with van der Waals surface area (Å²) >= 11 is 0. The van der Waals surface area contributed by atoms with Gasteiger partial charge in [-0.15, -0.1) is 0 Å². The number of carbonyl (C=O) groups is 1. The molecule has 0 aliphatic carbocycles. The fourth-order valence-corrected chi connectivity index (χ4v) is 2.91. The molecule has 1 aliphatic heterocycles. The van der Waals surface area contributed by atoms with Crippen molar-refractivity contribution >= 4 is 17.3 Å². The largest absolute Gasteiger partial charge is 0.454 e. The van der Waals surface area contributed by atoms with E-state index in [0.29, 0.717) is 11.3 Å². The average molecular weight is 344 g/mol. The van der Waals surface area contributed by atoms with Crippen molar-refractivity contribution in [2.75, 3.05) is 0 Å². The molecule has 0 spiro atoms. The van der Waals surface area contributed by atoms with E-state index in [9.17, 15) is 4.79 Å². The van der Waals surface area contributed by atoms with Crippen molar-refractivity contribution < 1.29 is 14.7 Å². The maximum absolute atomic E-state index is 11.5. The second-order valence-electron chi connectivity index (χ2n) is 6.05. The van der Waals surface area contributed by atoms with Crippen molar-refractivity contribution in [3.8, 4) is 11.5 Å². The van der Waals surface area contributed by atoms with Crippen LogP contribution in [0, 0.1) is 6.92 Å². The van der Waals surface area contributed by atoms with Crippen LogP contribution >= 0.6 is 0 Å². The molecule has 4 rings (SSSR count). The zero-order chi connectivity index (χ0) is 18.1. The normalized spacial score (nSPS) is 12.2. The van der Waals surface area contributed by atoms with Crippen LogP contribution in [0.15, 0.2) is 71.7 Å². The Labute approximate surface area is 150 Å². The minimum Gasteiger partial charge on any atom is -0.454 e. The van der Waals surface area contributed by atoms with Crippen LogP contribution in [0.3, 0.4) is 0 Å². The molecule has 1 aliphatic rings. The highest BCUT2D eigenvalue weighted by atomic mass is 16.5. The molecule has 128 valence electrons. The number of rotatable bonds is 2. The summed E-state index contributed by atoms with van der Waals surface area (Å²) in [7, 11) is 0. The van der Waals surface area contributed by atoms with E-state index in [2.05, 4.69) is 0 Å². The molecule has 0 bridgehead atoms. The number of carbonyl (C=O) groups excluding carboxylic acids is 1. The van der Waals surface area contributed by atoms with Crippen molar-refractivity contribution in [1.29, 1.82) is 0 Å². The van der Waals surface area contributed by atoms with Gasteiger partial charge in [0.1, 0.15) is 11.4 Å². The molecule has 0 radical (unpaired) electrons. The number of hydrogen-bond acceptors (Lipinski definition) is 4. The van der Waals surface area contributed by atoms with Crippen LogP contribution in [0.25, 0.3) is 0 Å². The summed E-state index contributed by atoms with van der Waals surface area (Å²) in [6, 6.07) is 20.5. The van der Waals surface area contributed by atoms with E-state index < -0.39 is 5.91 Å². The van der Waals surface area contributed by atoms with Gasteiger partial charge in [-0.05, 0) is 48.9 Å². The third kappa shape index (κ3) is 2.85. The van der Waals surface area contributed by atoms with Crippen LogP contribution < -0.4 is 10.2 Å². The maximum atomic E-state index is 11.5. The van der Waals surface area contributed by atoms with Crippen LogP contribution in [0.2, 0.25) is 0 Å². The number of aliphatic imine (C=N–C) groups is 1. The Bertz CT molecular complexity index is 1020. The number of nitrogens with zero attached hydrogens (tertiary/aromatic N) is 1. The first-order chi connectivity index (χ1) is 12.7. The van der Waals surface area contributed by atoms with E-state index in [4.69, 9.17) is 14.9 Å². The van der Waals surface area contributed by atoms with Crippen LogP contribution in [-0.2, 0) is 0 Å². The standard InChI is InChI=1S/C21H16N2O3/c1-13-6-11-17-19(12-13)26-18-5-3-2-4-16(18)20(22-17)14-7-9-15(10-8-14)21(24)23-25/h2-12,25H,1H3,(H,23,24). The second kappa shape index (κ2) is 6.46. The van der Waals surface area contributed by atoms with Gasteiger partial charge in [0, 0.05) is 16.7 Å². The van der Waals surface area contributed by atoms with Gasteiger partial charge in [-0.2, -0.15) is 0 Å². The minimum atomic E-state index is -0.552. The highest BCUT2D eigenvalue weighted by molar-refractivity contribution is 6.16. The number of ether oxygens (including phenoxy) is 1. The Morgan fingerprint density at radius 2 is 1.77 bits per heavy atom. The third-order valence-corrected chi connectivity index (χ3v) is 4.23. The topological polar surface area (TPSA) is 70.9 Å². The Hall–Kier alpha value is -3.44. The predicted molar refractivity (Wildman–Crippen MR) is 98.7 cm³/mol. The van der Waals surface area contributed by atoms with Crippen LogP contribution in [0.1, 0.15) is 27.0 Å². The lowest BCUT2D eigenvalue weighted by Gasteiger charge is -2.10. The highest BCUT2D eigenvalue weighted by Gasteiger charge is 2.19. The molecule has 3 aromatic carbocycles. The summed E-state index contributed by atoms with van der Waals surface area (Å²) in [5.74, 6) is 0.889. The van der Waals surface area contributed by atoms with Gasteiger partial charge in [0.05, 0.1) is 5.71 Å². The van der Waals surface area contributed by atoms with Gasteiger partial charge in [-0.1, -0.05) is 30.3 Å². The lowest BCUT2D eigenvalue weighted by atomic mass is 10.00. The lowest BCUT2D eigenvalue weighted by molar-refractivity contribution is 0.0706. The van der Waals surface area contributed by atoms with Crippen molar-refractivity contribution in [3.63, 3.8) is 0 Å². The molecule has 1 heterocycles. The molecule has 0 aromatic heterocycles. The smallest absolute Gasteiger partial charge is 0.274 e. The van der Waals surface area contributed by atoms with E-state index in [1.807, 2.05) is 49.4 Å². The average Bonchev–Trinajstić information content (AvgIpc) is 2.83. The summed E-state index contributed by atoms with van der Waals surface area (Å²) in [5, 5.41) is 8.77. The number of para-hydroxylation sites is 1. The monoisotopic (exact) mass is 344 g/mol. The SMILES string of the molecule is Cc1ccc2c(c1)Oc1ccccc1C(c1ccc(C(=O)NO)cc1)=N2. The Morgan fingerprint density at radius 3 is 2.54 bits per heavy atom. The molecule has 5 heteroatoms. The second-order valence-corrected chi connectivity index (χ2v) is 6.05. The molecule has 0 fully saturated rings. The van der Waals surface area contributed by atoms with Crippen molar-refractivity contribution in [2.45, 2.75) is 6.92 Å². The van der Waals surface area contributed by atoms with E-state index in [-0.39, 0.29) is 0 Å². The van der Waals surface area contributed by atoms with Crippen molar-refractivity contribution in [1.82, 2.24) is 5.48 Å². The Morgan fingerprint density at radius 1 is 1.00 bits per heavy atom. The van der Waals surface area contributed by atoms with Gasteiger partial charge in [-0.25, -0.2) is 10.5 Å². The van der Waals surface area contributed by atoms with E-state index in [0.717, 1.165) is 33.8 Å². The fourth-order valence-electron chi connectivity index (χ4n) is 2.91. The molecule has 0 saturated carbocycles. The molecule has 5 nitrogen and oxygen atoms in total. The molecule has 0 unspecified atom stereocenters. The summed E-state index contributed by atoms with van der Waals surface area (Å²) in [4.78, 5) is 16.4. The minimum absolute atomic E-state index is 0.367. The van der Waals surface area contributed by atoms with Crippen molar-refractivity contribution in [3.05, 3.63) is 89.0 Å². The number of fused-ring (bicyclic) bond motifs is 2. The summed E-state index contributed by atoms with van der Waals surface area (Å²) in [6.07, 6.45) is 0. The zero-order valence-corrected chi connectivity index (χ0v) is 14.1. The summed E-state index contributed by atoms with van der Waals surface area (Å²) < 4.78 is 6.10. The molecular weight excluding hydrogens is 328 g/mol.